The molecule has 1 fully saturated rings. The average Bonchev–Trinajstić information content (AvgIpc) is 2.98. The maximum Gasteiger partial charge on any atom is 0.165 e. The Labute approximate surface area is 83.1 Å². The first-order valence-electron chi connectivity index (χ1n) is 4.75. The monoisotopic (exact) mass is 195 g/mol. The molecule has 0 radical (unpaired) electrons. The lowest BCUT2D eigenvalue weighted by Gasteiger charge is -2.18. The van der Waals surface area contributed by atoms with Crippen LogP contribution in [-0.2, 0) is 5.54 Å². The van der Waals surface area contributed by atoms with Gasteiger partial charge in [-0.2, -0.15) is 0 Å². The Morgan fingerprint density at radius 2 is 2.14 bits per heavy atom. The summed E-state index contributed by atoms with van der Waals surface area (Å²) in [4.78, 5) is 0. The molecule has 2 rings (SSSR count). The van der Waals surface area contributed by atoms with Crippen molar-refractivity contribution in [1.82, 2.24) is 5.32 Å². The van der Waals surface area contributed by atoms with Gasteiger partial charge in [-0.25, -0.2) is 4.39 Å². The van der Waals surface area contributed by atoms with Crippen LogP contribution in [0.25, 0.3) is 0 Å². The number of para-hydroxylation sites is 1. The highest BCUT2D eigenvalue weighted by atomic mass is 19.1. The minimum atomic E-state index is -0.286. The number of rotatable bonds is 3. The van der Waals surface area contributed by atoms with Gasteiger partial charge in [0.1, 0.15) is 0 Å². The molecule has 1 aliphatic carbocycles. The molecule has 0 aromatic heterocycles. The Balaban J connectivity index is 2.47. The Morgan fingerprint density at radius 1 is 1.43 bits per heavy atom. The molecule has 1 saturated carbocycles. The highest BCUT2D eigenvalue weighted by molar-refractivity contribution is 5.43. The van der Waals surface area contributed by atoms with Crippen molar-refractivity contribution in [3.8, 4) is 5.75 Å². The Kier molecular flexibility index (Phi) is 2.19. The third kappa shape index (κ3) is 1.28. The summed E-state index contributed by atoms with van der Waals surface area (Å²) in [5.74, 6) is 0.0888. The predicted octanol–water partition coefficient (Wildman–Crippen LogP) is 2.04. The van der Waals surface area contributed by atoms with E-state index >= 15 is 0 Å². The molecule has 3 heteroatoms. The Hall–Kier alpha value is -1.09. The number of ether oxygens (including phenoxy) is 1. The van der Waals surface area contributed by atoms with Gasteiger partial charge in [0.25, 0.3) is 0 Å². The van der Waals surface area contributed by atoms with Crippen LogP contribution >= 0.6 is 0 Å². The summed E-state index contributed by atoms with van der Waals surface area (Å²) in [6, 6.07) is 5.07. The fourth-order valence-corrected chi connectivity index (χ4v) is 1.87. The third-order valence-electron chi connectivity index (χ3n) is 2.92. The van der Waals surface area contributed by atoms with Crippen LogP contribution in [0.3, 0.4) is 0 Å². The molecule has 76 valence electrons. The highest BCUT2D eigenvalue weighted by Crippen LogP contribution is 2.48. The van der Waals surface area contributed by atoms with Crippen molar-refractivity contribution in [2.24, 2.45) is 0 Å². The number of nitrogens with one attached hydrogen (secondary N) is 1. The zero-order valence-corrected chi connectivity index (χ0v) is 8.43. The molecule has 1 aromatic rings. The van der Waals surface area contributed by atoms with Gasteiger partial charge in [0.15, 0.2) is 11.6 Å². The fourth-order valence-electron chi connectivity index (χ4n) is 1.87. The summed E-state index contributed by atoms with van der Waals surface area (Å²) in [7, 11) is 3.41. The minimum absolute atomic E-state index is 0.0482. The molecular weight excluding hydrogens is 181 g/mol. The number of halogens is 1. The van der Waals surface area contributed by atoms with Gasteiger partial charge in [0, 0.05) is 11.1 Å². The van der Waals surface area contributed by atoms with Crippen molar-refractivity contribution in [3.05, 3.63) is 29.6 Å². The average molecular weight is 195 g/mol. The van der Waals surface area contributed by atoms with Crippen LogP contribution in [0.15, 0.2) is 18.2 Å². The van der Waals surface area contributed by atoms with Crippen molar-refractivity contribution >= 4 is 0 Å². The molecule has 14 heavy (non-hydrogen) atoms. The van der Waals surface area contributed by atoms with Crippen molar-refractivity contribution in [3.63, 3.8) is 0 Å². The van der Waals surface area contributed by atoms with E-state index in [-0.39, 0.29) is 11.4 Å². The molecule has 0 aliphatic heterocycles. The zero-order chi connectivity index (χ0) is 10.2. The van der Waals surface area contributed by atoms with Gasteiger partial charge >= 0.3 is 0 Å². The fraction of sp³-hybridized carbons (Fsp3) is 0.455. The lowest BCUT2D eigenvalue weighted by Crippen LogP contribution is -2.25. The van der Waals surface area contributed by atoms with Gasteiger partial charge in [0.2, 0.25) is 0 Å². The van der Waals surface area contributed by atoms with Crippen LogP contribution < -0.4 is 10.1 Å². The second kappa shape index (κ2) is 3.24. The van der Waals surface area contributed by atoms with E-state index in [0.717, 1.165) is 18.4 Å². The number of methoxy groups -OCH3 is 1. The molecule has 0 bridgehead atoms. The quantitative estimate of drug-likeness (QED) is 0.797. The first-order chi connectivity index (χ1) is 6.73. The summed E-state index contributed by atoms with van der Waals surface area (Å²) in [6.07, 6.45) is 2.09. The van der Waals surface area contributed by atoms with Crippen LogP contribution in [0, 0.1) is 5.82 Å². The highest BCUT2D eigenvalue weighted by Gasteiger charge is 2.45. The lowest BCUT2D eigenvalue weighted by molar-refractivity contribution is 0.372. The molecule has 0 unspecified atom stereocenters. The van der Waals surface area contributed by atoms with Gasteiger partial charge in [-0.3, -0.25) is 0 Å². The van der Waals surface area contributed by atoms with E-state index in [1.54, 1.807) is 6.07 Å². The minimum Gasteiger partial charge on any atom is -0.493 e. The van der Waals surface area contributed by atoms with Crippen LogP contribution in [-0.4, -0.2) is 14.2 Å². The largest absolute Gasteiger partial charge is 0.493 e. The molecule has 0 amide bonds. The van der Waals surface area contributed by atoms with Gasteiger partial charge in [-0.05, 0) is 26.0 Å². The topological polar surface area (TPSA) is 21.3 Å². The van der Waals surface area contributed by atoms with Crippen LogP contribution in [0.2, 0.25) is 0 Å². The maximum absolute atomic E-state index is 13.4. The number of hydrogen-bond donors (Lipinski definition) is 1. The summed E-state index contributed by atoms with van der Waals surface area (Å²) in [5, 5.41) is 3.22. The molecule has 1 aromatic carbocycles. The van der Waals surface area contributed by atoms with E-state index in [9.17, 15) is 4.39 Å². The molecule has 2 nitrogen and oxygen atoms in total. The predicted molar refractivity (Wildman–Crippen MR) is 52.9 cm³/mol. The van der Waals surface area contributed by atoms with E-state index in [1.165, 1.54) is 13.2 Å². The number of hydrogen-bond acceptors (Lipinski definition) is 2. The first kappa shape index (κ1) is 9.46. The lowest BCUT2D eigenvalue weighted by atomic mass is 10.0. The van der Waals surface area contributed by atoms with E-state index in [0.29, 0.717) is 5.75 Å². The van der Waals surface area contributed by atoms with Crippen LogP contribution in [0.4, 0.5) is 4.39 Å². The van der Waals surface area contributed by atoms with Gasteiger partial charge in [0.05, 0.1) is 7.11 Å². The molecule has 0 saturated heterocycles. The van der Waals surface area contributed by atoms with Gasteiger partial charge < -0.3 is 10.1 Å². The van der Waals surface area contributed by atoms with E-state index < -0.39 is 0 Å². The standard InChI is InChI=1S/C11H14FNO/c1-13-11(6-7-11)8-4-3-5-9(12)10(8)14-2/h3-5,13H,6-7H2,1-2H3. The molecule has 0 heterocycles. The van der Waals surface area contributed by atoms with Crippen molar-refractivity contribution in [2.45, 2.75) is 18.4 Å². The van der Waals surface area contributed by atoms with Crippen LogP contribution in [0.5, 0.6) is 5.75 Å². The molecule has 1 N–H and O–H groups in total. The van der Waals surface area contributed by atoms with Crippen molar-refractivity contribution < 1.29 is 9.13 Å². The zero-order valence-electron chi connectivity index (χ0n) is 8.43. The van der Waals surface area contributed by atoms with E-state index in [2.05, 4.69) is 5.32 Å². The molecular formula is C11H14FNO. The SMILES string of the molecule is CNC1(c2cccc(F)c2OC)CC1. The third-order valence-corrected chi connectivity index (χ3v) is 2.92. The summed E-state index contributed by atoms with van der Waals surface area (Å²) >= 11 is 0. The van der Waals surface area contributed by atoms with Gasteiger partial charge in [-0.15, -0.1) is 0 Å². The Morgan fingerprint density at radius 3 is 2.64 bits per heavy atom. The van der Waals surface area contributed by atoms with E-state index in [1.807, 2.05) is 13.1 Å². The maximum atomic E-state index is 13.4. The number of benzene rings is 1. The van der Waals surface area contributed by atoms with Crippen molar-refractivity contribution in [2.75, 3.05) is 14.2 Å². The summed E-state index contributed by atoms with van der Waals surface area (Å²) in [5.41, 5.74) is 0.885. The Bertz CT molecular complexity index is 347. The second-order valence-corrected chi connectivity index (χ2v) is 3.65. The van der Waals surface area contributed by atoms with Gasteiger partial charge in [-0.1, -0.05) is 12.1 Å². The van der Waals surface area contributed by atoms with Crippen molar-refractivity contribution in [1.29, 1.82) is 0 Å². The molecule has 1 aliphatic rings. The van der Waals surface area contributed by atoms with Crippen LogP contribution in [0.1, 0.15) is 18.4 Å². The summed E-state index contributed by atoms with van der Waals surface area (Å²) in [6.45, 7) is 0. The normalized spacial score (nSPS) is 17.9. The first-order valence-corrected chi connectivity index (χ1v) is 4.75. The molecule has 0 spiro atoms. The smallest absolute Gasteiger partial charge is 0.165 e. The summed E-state index contributed by atoms with van der Waals surface area (Å²) < 4.78 is 18.5. The van der Waals surface area contributed by atoms with E-state index in [4.69, 9.17) is 4.74 Å². The molecule has 0 atom stereocenters. The second-order valence-electron chi connectivity index (χ2n) is 3.65.